The molecule has 0 fully saturated rings. The maximum atomic E-state index is 13.3. The summed E-state index contributed by atoms with van der Waals surface area (Å²) < 4.78 is 44.3. The average molecular weight is 689 g/mol. The van der Waals surface area contributed by atoms with Crippen molar-refractivity contribution in [2.75, 3.05) is 25.0 Å². The van der Waals surface area contributed by atoms with Crippen molar-refractivity contribution in [1.29, 1.82) is 0 Å². The van der Waals surface area contributed by atoms with Crippen LogP contribution in [-0.2, 0) is 21.4 Å². The third kappa shape index (κ3) is 11.1. The van der Waals surface area contributed by atoms with E-state index in [1.807, 2.05) is 0 Å². The number of carbonyl (C=O) groups excluding carboxylic acids is 2. The predicted molar refractivity (Wildman–Crippen MR) is 185 cm³/mol. The number of ether oxygens (including phenoxy) is 3. The van der Waals surface area contributed by atoms with E-state index >= 15 is 0 Å². The number of esters is 1. The summed E-state index contributed by atoms with van der Waals surface area (Å²) in [6.45, 7) is 2.19. The third-order valence-corrected chi connectivity index (χ3v) is 8.88. The molecule has 49 heavy (non-hydrogen) atoms. The van der Waals surface area contributed by atoms with Gasteiger partial charge in [-0.3, -0.25) is 14.3 Å². The molecule has 0 aliphatic rings. The zero-order valence-electron chi connectivity index (χ0n) is 27.5. The first-order valence-corrected chi connectivity index (χ1v) is 17.4. The molecule has 0 saturated carbocycles. The molecule has 0 aliphatic carbocycles. The smallest absolute Gasteiger partial charge is 0.343 e. The number of carboxylic acid groups (broad SMARTS) is 1. The summed E-state index contributed by atoms with van der Waals surface area (Å²) in [6, 6.07) is 24.7. The Morgan fingerprint density at radius 1 is 0.735 bits per heavy atom. The Morgan fingerprint density at radius 3 is 1.94 bits per heavy atom. The largest absolute Gasteiger partial charge is 0.497 e. The first kappa shape index (κ1) is 36.5. The van der Waals surface area contributed by atoms with Crippen molar-refractivity contribution in [3.05, 3.63) is 114 Å². The fourth-order valence-electron chi connectivity index (χ4n) is 4.83. The Balaban J connectivity index is 1.33. The van der Waals surface area contributed by atoms with Gasteiger partial charge in [0.05, 0.1) is 24.2 Å². The van der Waals surface area contributed by atoms with Crippen LogP contribution >= 0.6 is 0 Å². The molecule has 12 heteroatoms. The number of methoxy groups -OCH3 is 1. The molecule has 0 radical (unpaired) electrons. The van der Waals surface area contributed by atoms with Crippen molar-refractivity contribution in [3.63, 3.8) is 0 Å². The molecular formula is C37H40N2O9S. The lowest BCUT2D eigenvalue weighted by molar-refractivity contribution is -0.137. The van der Waals surface area contributed by atoms with E-state index in [4.69, 9.17) is 14.2 Å². The standard InChI is InChI=1S/C37H40N2O9S/c1-3-4-5-6-7-24-47-32-18-12-29(13-19-32)37(43)48-33-16-8-27(9-17-33)25-39(26-35(40)41)36(42)28-10-14-30(15-11-28)38-49(44,45)34-22-20-31(46-2)21-23-34/h8-23,38H,3-7,24-26H2,1-2H3,(H,40,41). The first-order chi connectivity index (χ1) is 23.6. The number of carbonyl (C=O) groups is 3. The molecule has 0 bridgehead atoms. The van der Waals surface area contributed by atoms with Gasteiger partial charge in [-0.2, -0.15) is 0 Å². The van der Waals surface area contributed by atoms with Crippen LogP contribution in [0.1, 0.15) is 65.3 Å². The fraction of sp³-hybridized carbons (Fsp3) is 0.270. The van der Waals surface area contributed by atoms with Gasteiger partial charge in [-0.1, -0.05) is 44.7 Å². The van der Waals surface area contributed by atoms with E-state index < -0.39 is 34.4 Å². The molecule has 0 unspecified atom stereocenters. The lowest BCUT2D eigenvalue weighted by atomic mass is 10.1. The molecule has 0 aliphatic heterocycles. The second kappa shape index (κ2) is 17.7. The van der Waals surface area contributed by atoms with Crippen molar-refractivity contribution in [2.45, 2.75) is 50.5 Å². The molecule has 0 aromatic heterocycles. The van der Waals surface area contributed by atoms with E-state index in [1.54, 1.807) is 48.5 Å². The summed E-state index contributed by atoms with van der Waals surface area (Å²) in [4.78, 5) is 38.8. The number of hydrogen-bond acceptors (Lipinski definition) is 8. The summed E-state index contributed by atoms with van der Waals surface area (Å²) in [5, 5.41) is 9.48. The van der Waals surface area contributed by atoms with Gasteiger partial charge in [0.2, 0.25) is 0 Å². The quantitative estimate of drug-likeness (QED) is 0.0655. The van der Waals surface area contributed by atoms with Crippen LogP contribution in [-0.4, -0.2) is 56.5 Å². The number of nitrogens with zero attached hydrogens (tertiary/aromatic N) is 1. The van der Waals surface area contributed by atoms with Crippen LogP contribution in [0, 0.1) is 0 Å². The van der Waals surface area contributed by atoms with Gasteiger partial charge >= 0.3 is 11.9 Å². The van der Waals surface area contributed by atoms with E-state index in [1.165, 1.54) is 74.9 Å². The van der Waals surface area contributed by atoms with Crippen molar-refractivity contribution in [3.8, 4) is 17.2 Å². The molecular weight excluding hydrogens is 648 g/mol. The highest BCUT2D eigenvalue weighted by Gasteiger charge is 2.20. The lowest BCUT2D eigenvalue weighted by Gasteiger charge is -2.21. The Morgan fingerprint density at radius 2 is 1.33 bits per heavy atom. The summed E-state index contributed by atoms with van der Waals surface area (Å²) in [7, 11) is -2.42. The molecule has 4 aromatic carbocycles. The van der Waals surface area contributed by atoms with Gasteiger partial charge in [0.15, 0.2) is 0 Å². The van der Waals surface area contributed by atoms with Crippen molar-refractivity contribution in [2.24, 2.45) is 0 Å². The summed E-state index contributed by atoms with van der Waals surface area (Å²) in [5.41, 5.74) is 1.36. The van der Waals surface area contributed by atoms with Crippen LogP contribution < -0.4 is 18.9 Å². The highest BCUT2D eigenvalue weighted by molar-refractivity contribution is 7.92. The Bertz CT molecular complexity index is 1790. The molecule has 1 amide bonds. The molecule has 4 rings (SSSR count). The number of amides is 1. The van der Waals surface area contributed by atoms with Crippen LogP contribution in [0.4, 0.5) is 5.69 Å². The monoisotopic (exact) mass is 688 g/mol. The molecule has 0 atom stereocenters. The van der Waals surface area contributed by atoms with E-state index in [2.05, 4.69) is 11.6 Å². The van der Waals surface area contributed by atoms with Gasteiger partial charge in [0.1, 0.15) is 23.8 Å². The van der Waals surface area contributed by atoms with Crippen molar-refractivity contribution >= 4 is 33.6 Å². The number of aliphatic carboxylic acids is 1. The topological polar surface area (TPSA) is 149 Å². The number of unbranched alkanes of at least 4 members (excludes halogenated alkanes) is 4. The van der Waals surface area contributed by atoms with E-state index in [0.717, 1.165) is 17.7 Å². The summed E-state index contributed by atoms with van der Waals surface area (Å²) in [6.07, 6.45) is 5.72. The molecule has 4 aromatic rings. The van der Waals surface area contributed by atoms with Crippen molar-refractivity contribution in [1.82, 2.24) is 4.90 Å². The SMILES string of the molecule is CCCCCCCOc1ccc(C(=O)Oc2ccc(CN(CC(=O)O)C(=O)c3ccc(NS(=O)(=O)c4ccc(OC)cc4)cc3)cc2)cc1. The molecule has 258 valence electrons. The Kier molecular flexibility index (Phi) is 13.2. The Labute approximate surface area is 286 Å². The second-order valence-corrected chi connectivity index (χ2v) is 12.9. The molecule has 11 nitrogen and oxygen atoms in total. The zero-order chi connectivity index (χ0) is 35.2. The number of hydrogen-bond donors (Lipinski definition) is 2. The minimum absolute atomic E-state index is 0.0321. The van der Waals surface area contributed by atoms with Crippen LogP contribution in [0.15, 0.2) is 102 Å². The normalized spacial score (nSPS) is 11.0. The fourth-order valence-corrected chi connectivity index (χ4v) is 5.89. The van der Waals surface area contributed by atoms with Gasteiger partial charge in [-0.15, -0.1) is 0 Å². The predicted octanol–water partition coefficient (Wildman–Crippen LogP) is 6.79. The van der Waals surface area contributed by atoms with Gasteiger partial charge in [-0.25, -0.2) is 13.2 Å². The maximum absolute atomic E-state index is 13.3. The summed E-state index contributed by atoms with van der Waals surface area (Å²) in [5.74, 6) is -0.834. The lowest BCUT2D eigenvalue weighted by Crippen LogP contribution is -2.35. The van der Waals surface area contributed by atoms with Crippen LogP contribution in [0.25, 0.3) is 0 Å². The molecule has 0 spiro atoms. The molecule has 0 heterocycles. The Hall–Kier alpha value is -5.36. The van der Waals surface area contributed by atoms with E-state index in [9.17, 15) is 27.9 Å². The number of sulfonamides is 1. The number of anilines is 1. The van der Waals surface area contributed by atoms with Crippen LogP contribution in [0.3, 0.4) is 0 Å². The number of carboxylic acids is 1. The highest BCUT2D eigenvalue weighted by atomic mass is 32.2. The van der Waals surface area contributed by atoms with Gasteiger partial charge in [0, 0.05) is 17.8 Å². The molecule has 0 saturated heterocycles. The van der Waals surface area contributed by atoms with Gasteiger partial charge < -0.3 is 24.2 Å². The van der Waals surface area contributed by atoms with Crippen LogP contribution in [0.5, 0.6) is 17.2 Å². The average Bonchev–Trinajstić information content (AvgIpc) is 3.10. The van der Waals surface area contributed by atoms with Gasteiger partial charge in [0.25, 0.3) is 15.9 Å². The highest BCUT2D eigenvalue weighted by Crippen LogP contribution is 2.22. The van der Waals surface area contributed by atoms with Gasteiger partial charge in [-0.05, 0) is 96.9 Å². The number of benzene rings is 4. The van der Waals surface area contributed by atoms with Crippen molar-refractivity contribution < 1.29 is 42.1 Å². The maximum Gasteiger partial charge on any atom is 0.343 e. The van der Waals surface area contributed by atoms with E-state index in [-0.39, 0.29) is 28.4 Å². The number of nitrogens with one attached hydrogen (secondary N) is 1. The minimum Gasteiger partial charge on any atom is -0.497 e. The zero-order valence-corrected chi connectivity index (χ0v) is 28.3. The van der Waals surface area contributed by atoms with E-state index in [0.29, 0.717) is 29.2 Å². The minimum atomic E-state index is -3.89. The van der Waals surface area contributed by atoms with Crippen LogP contribution in [0.2, 0.25) is 0 Å². The summed E-state index contributed by atoms with van der Waals surface area (Å²) >= 11 is 0. The third-order valence-electron chi connectivity index (χ3n) is 7.48. The molecule has 2 N–H and O–H groups in total. The number of rotatable bonds is 18. The second-order valence-electron chi connectivity index (χ2n) is 11.2. The first-order valence-electron chi connectivity index (χ1n) is 15.9.